The van der Waals surface area contributed by atoms with Crippen LogP contribution in [0.4, 0.5) is 24.5 Å². The minimum absolute atomic E-state index is 0.167. The standard InChI is InChI=1S/C16H22F3N3O3/c1-11-9-21(10-12(2)25-11)7-3-6-20-13-4-5-15(22(23)24)14(8-13)16(17,18)19/h4-5,8,11-12,20H,3,6-7,9-10H2,1-2H3. The fourth-order valence-electron chi connectivity index (χ4n) is 3.03. The molecule has 1 fully saturated rings. The van der Waals surface area contributed by atoms with Gasteiger partial charge in [0.25, 0.3) is 5.69 Å². The van der Waals surface area contributed by atoms with Crippen LogP contribution in [-0.2, 0) is 10.9 Å². The lowest BCUT2D eigenvalue weighted by Crippen LogP contribution is -2.45. The minimum Gasteiger partial charge on any atom is -0.385 e. The van der Waals surface area contributed by atoms with E-state index in [1.807, 2.05) is 13.8 Å². The van der Waals surface area contributed by atoms with Crippen LogP contribution in [0.15, 0.2) is 18.2 Å². The van der Waals surface area contributed by atoms with Gasteiger partial charge in [0.15, 0.2) is 0 Å². The molecule has 1 saturated heterocycles. The number of alkyl halides is 3. The zero-order valence-electron chi connectivity index (χ0n) is 14.2. The van der Waals surface area contributed by atoms with Gasteiger partial charge in [0.1, 0.15) is 5.56 Å². The molecule has 1 N–H and O–H groups in total. The van der Waals surface area contributed by atoms with Crippen molar-refractivity contribution < 1.29 is 22.8 Å². The van der Waals surface area contributed by atoms with Gasteiger partial charge in [-0.3, -0.25) is 15.0 Å². The average Bonchev–Trinajstić information content (AvgIpc) is 2.49. The monoisotopic (exact) mass is 361 g/mol. The molecule has 2 unspecified atom stereocenters. The van der Waals surface area contributed by atoms with Crippen LogP contribution in [0.5, 0.6) is 0 Å². The molecule has 2 rings (SSSR count). The van der Waals surface area contributed by atoms with E-state index in [0.29, 0.717) is 6.54 Å². The van der Waals surface area contributed by atoms with Crippen molar-refractivity contribution in [3.63, 3.8) is 0 Å². The lowest BCUT2D eigenvalue weighted by atomic mass is 10.1. The van der Waals surface area contributed by atoms with Crippen LogP contribution < -0.4 is 5.32 Å². The number of halogens is 3. The molecular weight excluding hydrogens is 339 g/mol. The molecule has 1 aromatic carbocycles. The Labute approximate surface area is 144 Å². The Morgan fingerprint density at radius 2 is 1.96 bits per heavy atom. The van der Waals surface area contributed by atoms with E-state index in [4.69, 9.17) is 4.74 Å². The van der Waals surface area contributed by atoms with Crippen LogP contribution in [0.2, 0.25) is 0 Å². The summed E-state index contributed by atoms with van der Waals surface area (Å²) in [4.78, 5) is 12.0. The van der Waals surface area contributed by atoms with Crippen molar-refractivity contribution in [3.8, 4) is 0 Å². The van der Waals surface area contributed by atoms with Crippen molar-refractivity contribution in [2.45, 2.75) is 38.7 Å². The average molecular weight is 361 g/mol. The zero-order valence-corrected chi connectivity index (χ0v) is 14.2. The molecule has 1 aliphatic rings. The Hall–Kier alpha value is -1.87. The molecule has 140 valence electrons. The number of anilines is 1. The highest BCUT2D eigenvalue weighted by atomic mass is 19.4. The fraction of sp³-hybridized carbons (Fsp3) is 0.625. The first kappa shape index (κ1) is 19.5. The van der Waals surface area contributed by atoms with Crippen LogP contribution in [0.3, 0.4) is 0 Å². The van der Waals surface area contributed by atoms with Gasteiger partial charge in [-0.25, -0.2) is 0 Å². The van der Waals surface area contributed by atoms with Gasteiger partial charge in [0.2, 0.25) is 0 Å². The van der Waals surface area contributed by atoms with Gasteiger partial charge >= 0.3 is 6.18 Å². The second-order valence-corrected chi connectivity index (χ2v) is 6.28. The summed E-state index contributed by atoms with van der Waals surface area (Å²) < 4.78 is 44.5. The highest BCUT2D eigenvalue weighted by Gasteiger charge is 2.38. The number of hydrogen-bond donors (Lipinski definition) is 1. The maximum atomic E-state index is 12.9. The summed E-state index contributed by atoms with van der Waals surface area (Å²) in [7, 11) is 0. The molecule has 0 amide bonds. The third-order valence-electron chi connectivity index (χ3n) is 3.97. The summed E-state index contributed by atoms with van der Waals surface area (Å²) in [5, 5.41) is 13.6. The second kappa shape index (κ2) is 8.01. The normalized spacial score (nSPS) is 22.0. The molecule has 0 bridgehead atoms. The predicted octanol–water partition coefficient (Wildman–Crippen LogP) is 3.52. The summed E-state index contributed by atoms with van der Waals surface area (Å²) in [6, 6.07) is 2.97. The molecule has 1 heterocycles. The van der Waals surface area contributed by atoms with Gasteiger partial charge in [-0.15, -0.1) is 0 Å². The number of nitro groups is 1. The van der Waals surface area contributed by atoms with Crippen molar-refractivity contribution >= 4 is 11.4 Å². The Balaban J connectivity index is 1.90. The van der Waals surface area contributed by atoms with Crippen LogP contribution in [-0.4, -0.2) is 48.2 Å². The highest BCUT2D eigenvalue weighted by Crippen LogP contribution is 2.37. The van der Waals surface area contributed by atoms with Crippen LogP contribution >= 0.6 is 0 Å². The number of ether oxygens (including phenoxy) is 1. The first-order chi connectivity index (χ1) is 11.7. The van der Waals surface area contributed by atoms with Gasteiger partial charge < -0.3 is 10.1 Å². The van der Waals surface area contributed by atoms with E-state index in [1.54, 1.807) is 0 Å². The van der Waals surface area contributed by atoms with Gasteiger partial charge in [0, 0.05) is 37.9 Å². The van der Waals surface area contributed by atoms with Gasteiger partial charge in [-0.2, -0.15) is 13.2 Å². The molecule has 0 aliphatic carbocycles. The van der Waals surface area contributed by atoms with Crippen molar-refractivity contribution in [2.75, 3.05) is 31.5 Å². The van der Waals surface area contributed by atoms with Gasteiger partial charge in [0.05, 0.1) is 17.1 Å². The van der Waals surface area contributed by atoms with Crippen LogP contribution in [0, 0.1) is 10.1 Å². The predicted molar refractivity (Wildman–Crippen MR) is 87.7 cm³/mol. The first-order valence-electron chi connectivity index (χ1n) is 8.14. The van der Waals surface area contributed by atoms with E-state index < -0.39 is 22.4 Å². The fourth-order valence-corrected chi connectivity index (χ4v) is 3.03. The molecule has 25 heavy (non-hydrogen) atoms. The maximum Gasteiger partial charge on any atom is 0.423 e. The topological polar surface area (TPSA) is 67.6 Å². The smallest absolute Gasteiger partial charge is 0.385 e. The van der Waals surface area contributed by atoms with E-state index in [1.165, 1.54) is 6.07 Å². The Kier molecular flexibility index (Phi) is 6.23. The van der Waals surface area contributed by atoms with Crippen molar-refractivity contribution in [1.82, 2.24) is 4.90 Å². The molecule has 2 atom stereocenters. The molecule has 0 spiro atoms. The number of nitro benzene ring substituents is 1. The van der Waals surface area contributed by atoms with Crippen molar-refractivity contribution in [2.24, 2.45) is 0 Å². The van der Waals surface area contributed by atoms with Crippen molar-refractivity contribution in [1.29, 1.82) is 0 Å². The van der Waals surface area contributed by atoms with E-state index in [2.05, 4.69) is 10.2 Å². The van der Waals surface area contributed by atoms with Crippen LogP contribution in [0.1, 0.15) is 25.8 Å². The van der Waals surface area contributed by atoms with Crippen LogP contribution in [0.25, 0.3) is 0 Å². The first-order valence-corrected chi connectivity index (χ1v) is 8.14. The molecule has 0 saturated carbocycles. The van der Waals surface area contributed by atoms with Gasteiger partial charge in [-0.05, 0) is 32.4 Å². The number of benzene rings is 1. The lowest BCUT2D eigenvalue weighted by molar-refractivity contribution is -0.388. The van der Waals surface area contributed by atoms with E-state index in [0.717, 1.165) is 38.2 Å². The molecule has 6 nitrogen and oxygen atoms in total. The number of nitrogens with zero attached hydrogens (tertiary/aromatic N) is 2. The largest absolute Gasteiger partial charge is 0.423 e. The quantitative estimate of drug-likeness (QED) is 0.477. The van der Waals surface area contributed by atoms with Gasteiger partial charge in [-0.1, -0.05) is 0 Å². The molecule has 0 radical (unpaired) electrons. The Bertz CT molecular complexity index is 600. The molecule has 0 aromatic heterocycles. The Morgan fingerprint density at radius 1 is 1.32 bits per heavy atom. The summed E-state index contributed by atoms with van der Waals surface area (Å²) in [5.41, 5.74) is -1.95. The SMILES string of the molecule is CC1CN(CCCNc2ccc([N+](=O)[O-])c(C(F)(F)F)c2)CC(C)O1. The molecular formula is C16H22F3N3O3. The number of hydrogen-bond acceptors (Lipinski definition) is 5. The summed E-state index contributed by atoms with van der Waals surface area (Å²) >= 11 is 0. The Morgan fingerprint density at radius 3 is 2.52 bits per heavy atom. The summed E-state index contributed by atoms with van der Waals surface area (Å²) in [6.45, 7) is 6.98. The maximum absolute atomic E-state index is 12.9. The number of nitrogens with one attached hydrogen (secondary N) is 1. The number of morpholine rings is 1. The minimum atomic E-state index is -4.76. The van der Waals surface area contributed by atoms with E-state index in [9.17, 15) is 23.3 Å². The lowest BCUT2D eigenvalue weighted by Gasteiger charge is -2.35. The third-order valence-corrected chi connectivity index (χ3v) is 3.97. The van der Waals surface area contributed by atoms with E-state index >= 15 is 0 Å². The third kappa shape index (κ3) is 5.57. The number of rotatable bonds is 6. The molecule has 1 aromatic rings. The van der Waals surface area contributed by atoms with Crippen molar-refractivity contribution in [3.05, 3.63) is 33.9 Å². The second-order valence-electron chi connectivity index (χ2n) is 6.28. The zero-order chi connectivity index (χ0) is 18.6. The molecule has 9 heteroatoms. The summed E-state index contributed by atoms with van der Waals surface area (Å²) in [6.07, 6.45) is -3.68. The summed E-state index contributed by atoms with van der Waals surface area (Å²) in [5.74, 6) is 0. The highest BCUT2D eigenvalue weighted by molar-refractivity contribution is 5.55. The molecule has 1 aliphatic heterocycles. The van der Waals surface area contributed by atoms with E-state index in [-0.39, 0.29) is 17.9 Å².